The summed E-state index contributed by atoms with van der Waals surface area (Å²) in [4.78, 5) is 26.9. The van der Waals surface area contributed by atoms with E-state index >= 15 is 0 Å². The molecule has 0 spiro atoms. The first-order chi connectivity index (χ1) is 18.0. The molecule has 0 saturated carbocycles. The van der Waals surface area contributed by atoms with Crippen LogP contribution in [0.5, 0.6) is 0 Å². The molecule has 0 aliphatic carbocycles. The van der Waals surface area contributed by atoms with Crippen molar-refractivity contribution >= 4 is 40.8 Å². The zero-order valence-corrected chi connectivity index (χ0v) is 23.3. The van der Waals surface area contributed by atoms with Crippen LogP contribution in [-0.2, 0) is 16.6 Å². The standard InChI is InChI=1S/C30H30Cl2N4O2/c1-19-10-8-9-13-25(19)36-27(18-26(35-36)30(2,3)4)34-29(38)24(14-20-11-6-5-7-12-20)33-28(37)21-15-22(31)17-23(32)16-21/h5-13,15-18,24H,14H2,1-4H3,(H,33,37)(H,34,38). The lowest BCUT2D eigenvalue weighted by atomic mass is 9.92. The molecule has 3 aromatic carbocycles. The molecule has 196 valence electrons. The average molecular weight is 550 g/mol. The number of para-hydroxylation sites is 1. The van der Waals surface area contributed by atoms with Gasteiger partial charge in [0.1, 0.15) is 11.9 Å². The molecular weight excluding hydrogens is 519 g/mol. The highest BCUT2D eigenvalue weighted by Gasteiger charge is 2.26. The third-order valence-corrected chi connectivity index (χ3v) is 6.54. The van der Waals surface area contributed by atoms with Gasteiger partial charge in [-0.1, -0.05) is 92.5 Å². The summed E-state index contributed by atoms with van der Waals surface area (Å²) in [6.07, 6.45) is 0.289. The second-order valence-corrected chi connectivity index (χ2v) is 11.1. The molecule has 0 radical (unpaired) electrons. The maximum absolute atomic E-state index is 13.7. The summed E-state index contributed by atoms with van der Waals surface area (Å²) in [5.41, 5.74) is 3.63. The summed E-state index contributed by atoms with van der Waals surface area (Å²) < 4.78 is 1.74. The largest absolute Gasteiger partial charge is 0.340 e. The van der Waals surface area contributed by atoms with Crippen LogP contribution in [0.4, 0.5) is 5.82 Å². The van der Waals surface area contributed by atoms with E-state index in [9.17, 15) is 9.59 Å². The number of anilines is 1. The number of aryl methyl sites for hydroxylation is 1. The van der Waals surface area contributed by atoms with Crippen LogP contribution >= 0.6 is 23.2 Å². The molecular formula is C30H30Cl2N4O2. The Kier molecular flexibility index (Phi) is 8.24. The number of aromatic nitrogens is 2. The van der Waals surface area contributed by atoms with E-state index < -0.39 is 11.9 Å². The number of amides is 2. The molecule has 0 saturated heterocycles. The Bertz CT molecular complexity index is 1440. The third kappa shape index (κ3) is 6.63. The van der Waals surface area contributed by atoms with Gasteiger partial charge in [-0.2, -0.15) is 5.10 Å². The van der Waals surface area contributed by atoms with Gasteiger partial charge in [-0.25, -0.2) is 4.68 Å². The number of nitrogens with one attached hydrogen (secondary N) is 2. The van der Waals surface area contributed by atoms with Crippen molar-refractivity contribution < 1.29 is 9.59 Å². The van der Waals surface area contributed by atoms with Gasteiger partial charge >= 0.3 is 0 Å². The Balaban J connectivity index is 1.68. The zero-order chi connectivity index (χ0) is 27.4. The van der Waals surface area contributed by atoms with Gasteiger partial charge in [-0.15, -0.1) is 0 Å². The summed E-state index contributed by atoms with van der Waals surface area (Å²) in [6, 6.07) is 22.9. The van der Waals surface area contributed by atoms with Gasteiger partial charge in [0, 0.05) is 33.5 Å². The molecule has 2 amide bonds. The normalized spacial score (nSPS) is 12.2. The van der Waals surface area contributed by atoms with Crippen molar-refractivity contribution in [3.05, 3.63) is 111 Å². The number of nitrogens with zero attached hydrogens (tertiary/aromatic N) is 2. The fourth-order valence-electron chi connectivity index (χ4n) is 4.02. The lowest BCUT2D eigenvalue weighted by molar-refractivity contribution is -0.118. The predicted octanol–water partition coefficient (Wildman–Crippen LogP) is 6.76. The van der Waals surface area contributed by atoms with Crippen molar-refractivity contribution in [3.63, 3.8) is 0 Å². The molecule has 4 aromatic rings. The van der Waals surface area contributed by atoms with Crippen LogP contribution in [-0.4, -0.2) is 27.6 Å². The smallest absolute Gasteiger partial charge is 0.252 e. The number of carbonyl (C=O) groups excluding carboxylic acids is 2. The monoisotopic (exact) mass is 548 g/mol. The Morgan fingerprint density at radius 2 is 1.55 bits per heavy atom. The van der Waals surface area contributed by atoms with Crippen LogP contribution in [0.25, 0.3) is 5.69 Å². The summed E-state index contributed by atoms with van der Waals surface area (Å²) in [5.74, 6) is -0.300. The highest BCUT2D eigenvalue weighted by Crippen LogP contribution is 2.28. The van der Waals surface area contributed by atoms with Gasteiger partial charge in [0.25, 0.3) is 5.91 Å². The van der Waals surface area contributed by atoms with Gasteiger partial charge in [-0.05, 0) is 42.3 Å². The number of carbonyl (C=O) groups is 2. The van der Waals surface area contributed by atoms with Crippen molar-refractivity contribution in [1.29, 1.82) is 0 Å². The van der Waals surface area contributed by atoms with Crippen LogP contribution in [0.3, 0.4) is 0 Å². The van der Waals surface area contributed by atoms with Crippen LogP contribution in [0, 0.1) is 6.92 Å². The third-order valence-electron chi connectivity index (χ3n) is 6.10. The van der Waals surface area contributed by atoms with Gasteiger partial charge in [0.05, 0.1) is 11.4 Å². The fraction of sp³-hybridized carbons (Fsp3) is 0.233. The van der Waals surface area contributed by atoms with Crippen molar-refractivity contribution in [1.82, 2.24) is 15.1 Å². The van der Waals surface area contributed by atoms with Crippen molar-refractivity contribution in [2.24, 2.45) is 0 Å². The molecule has 38 heavy (non-hydrogen) atoms. The van der Waals surface area contributed by atoms with Gasteiger partial charge in [0.15, 0.2) is 0 Å². The molecule has 0 fully saturated rings. The molecule has 4 rings (SSSR count). The van der Waals surface area contributed by atoms with Crippen LogP contribution in [0.1, 0.15) is 48.0 Å². The minimum absolute atomic E-state index is 0.239. The number of benzene rings is 3. The first-order valence-corrected chi connectivity index (χ1v) is 13.0. The highest BCUT2D eigenvalue weighted by atomic mass is 35.5. The molecule has 0 aliphatic heterocycles. The number of halogens is 2. The average Bonchev–Trinajstić information content (AvgIpc) is 3.28. The van der Waals surface area contributed by atoms with E-state index in [1.807, 2.05) is 67.6 Å². The molecule has 1 heterocycles. The molecule has 6 nitrogen and oxygen atoms in total. The van der Waals surface area contributed by atoms with Gasteiger partial charge < -0.3 is 10.6 Å². The summed E-state index contributed by atoms with van der Waals surface area (Å²) in [6.45, 7) is 8.20. The molecule has 2 N–H and O–H groups in total. The second kappa shape index (κ2) is 11.4. The highest BCUT2D eigenvalue weighted by molar-refractivity contribution is 6.35. The Labute approximate surface area is 233 Å². The van der Waals surface area contributed by atoms with Crippen molar-refractivity contribution in [2.45, 2.75) is 45.6 Å². The first-order valence-electron chi connectivity index (χ1n) is 12.3. The molecule has 0 bridgehead atoms. The molecule has 1 atom stereocenters. The SMILES string of the molecule is Cc1ccccc1-n1nc(C(C)(C)C)cc1NC(=O)C(Cc1ccccc1)NC(=O)c1cc(Cl)cc(Cl)c1. The van der Waals surface area contributed by atoms with Crippen LogP contribution in [0.2, 0.25) is 10.0 Å². The van der Waals surface area contributed by atoms with Crippen LogP contribution in [0.15, 0.2) is 78.9 Å². The van der Waals surface area contributed by atoms with Crippen LogP contribution < -0.4 is 10.6 Å². The first kappa shape index (κ1) is 27.4. The maximum Gasteiger partial charge on any atom is 0.252 e. The Hall–Kier alpha value is -3.61. The summed E-state index contributed by atoms with van der Waals surface area (Å²) in [7, 11) is 0. The molecule has 8 heteroatoms. The molecule has 1 aromatic heterocycles. The van der Waals surface area contributed by atoms with E-state index in [4.69, 9.17) is 28.3 Å². The van der Waals surface area contributed by atoms with Crippen molar-refractivity contribution in [3.8, 4) is 5.69 Å². The predicted molar refractivity (Wildman–Crippen MR) is 153 cm³/mol. The van der Waals surface area contributed by atoms with E-state index in [0.29, 0.717) is 15.9 Å². The summed E-state index contributed by atoms with van der Waals surface area (Å²) in [5, 5.41) is 11.4. The quantitative estimate of drug-likeness (QED) is 0.267. The number of hydrogen-bond donors (Lipinski definition) is 2. The zero-order valence-electron chi connectivity index (χ0n) is 21.8. The lowest BCUT2D eigenvalue weighted by Crippen LogP contribution is -2.45. The van der Waals surface area contributed by atoms with Crippen molar-refractivity contribution in [2.75, 3.05) is 5.32 Å². The number of rotatable bonds is 7. The van der Waals surface area contributed by atoms with E-state index in [0.717, 1.165) is 22.5 Å². The fourth-order valence-corrected chi connectivity index (χ4v) is 4.55. The van der Waals surface area contributed by atoms with E-state index in [1.165, 1.54) is 12.1 Å². The minimum atomic E-state index is -0.874. The number of hydrogen-bond acceptors (Lipinski definition) is 3. The minimum Gasteiger partial charge on any atom is -0.340 e. The molecule has 0 aliphatic rings. The van der Waals surface area contributed by atoms with E-state index in [1.54, 1.807) is 10.7 Å². The topological polar surface area (TPSA) is 76.0 Å². The molecule has 1 unspecified atom stereocenters. The van der Waals surface area contributed by atoms with Gasteiger partial charge in [0.2, 0.25) is 5.91 Å². The van der Waals surface area contributed by atoms with E-state index in [-0.39, 0.29) is 23.3 Å². The Morgan fingerprint density at radius 3 is 2.18 bits per heavy atom. The summed E-state index contributed by atoms with van der Waals surface area (Å²) >= 11 is 12.2. The van der Waals surface area contributed by atoms with E-state index in [2.05, 4.69) is 31.4 Å². The lowest BCUT2D eigenvalue weighted by Gasteiger charge is -2.19. The second-order valence-electron chi connectivity index (χ2n) is 10.2. The van der Waals surface area contributed by atoms with Gasteiger partial charge in [-0.3, -0.25) is 9.59 Å². The maximum atomic E-state index is 13.7. The Morgan fingerprint density at radius 1 is 0.921 bits per heavy atom.